The Morgan fingerprint density at radius 2 is 1.18 bits per heavy atom. The highest BCUT2D eigenvalue weighted by molar-refractivity contribution is 9.10. The maximum atomic E-state index is 13.6. The quantitative estimate of drug-likeness (QED) is 0.0975. The molecular weight excluding hydrogens is 685 g/mol. The molecule has 1 saturated heterocycles. The smallest absolute Gasteiger partial charge is 0.359 e. The van der Waals surface area contributed by atoms with Crippen molar-refractivity contribution in [3.05, 3.63) is 25.1 Å². The molecule has 0 aromatic heterocycles. The maximum absolute atomic E-state index is 13.6. The van der Waals surface area contributed by atoms with Gasteiger partial charge in [-0.25, -0.2) is 4.79 Å². The van der Waals surface area contributed by atoms with Gasteiger partial charge in [-0.2, -0.15) is 0 Å². The lowest BCUT2D eigenvalue weighted by Crippen LogP contribution is -2.68. The second kappa shape index (κ2) is 13.2. The summed E-state index contributed by atoms with van der Waals surface area (Å²) in [5.74, 6) is -5.39. The maximum Gasteiger partial charge on any atom is 0.359 e. The Bertz CT molecular complexity index is 1130. The second-order valence-electron chi connectivity index (χ2n) is 7.57. The van der Waals surface area contributed by atoms with E-state index in [1.165, 1.54) is 0 Å². The number of hydrogen-bond acceptors (Lipinski definition) is 11. The van der Waals surface area contributed by atoms with E-state index in [1.54, 1.807) is 0 Å². The van der Waals surface area contributed by atoms with Crippen LogP contribution in [0.5, 0.6) is 5.75 Å². The van der Waals surface area contributed by atoms with E-state index in [1.807, 2.05) is 0 Å². The van der Waals surface area contributed by atoms with E-state index < -0.39 is 81.2 Å². The molecule has 1 heterocycles. The third kappa shape index (κ3) is 7.35. The fourth-order valence-corrected chi connectivity index (χ4v) is 5.13. The van der Waals surface area contributed by atoms with Crippen molar-refractivity contribution in [3.8, 4) is 5.75 Å². The molecule has 2 rings (SSSR count). The van der Waals surface area contributed by atoms with Gasteiger partial charge in [-0.1, -0.05) is 58.0 Å². The molecule has 0 spiro atoms. The topological polar surface area (TPSA) is 141 Å². The number of benzene rings is 1. The highest BCUT2D eigenvalue weighted by Gasteiger charge is 2.64. The Hall–Kier alpha value is -1.54. The van der Waals surface area contributed by atoms with E-state index >= 15 is 0 Å². The molecule has 5 unspecified atom stereocenters. The van der Waals surface area contributed by atoms with Crippen LogP contribution in [-0.2, 0) is 47.7 Å². The molecule has 0 N–H and O–H groups in total. The van der Waals surface area contributed by atoms with Crippen LogP contribution in [0.15, 0.2) is 0 Å². The summed E-state index contributed by atoms with van der Waals surface area (Å²) in [5, 5.41) is -1.61. The number of halogens is 6. The van der Waals surface area contributed by atoms with Crippen LogP contribution in [0.1, 0.15) is 27.7 Å². The zero-order valence-electron chi connectivity index (χ0n) is 19.8. The third-order valence-electron chi connectivity index (χ3n) is 4.67. The van der Waals surface area contributed by atoms with E-state index in [-0.39, 0.29) is 15.1 Å². The van der Waals surface area contributed by atoms with Gasteiger partial charge < -0.3 is 28.4 Å². The van der Waals surface area contributed by atoms with Gasteiger partial charge in [-0.15, -0.1) is 0 Å². The van der Waals surface area contributed by atoms with E-state index in [0.29, 0.717) is 0 Å². The van der Waals surface area contributed by atoms with Gasteiger partial charge in [0.15, 0.2) is 24.1 Å². The molecule has 0 aliphatic carbocycles. The van der Waals surface area contributed by atoms with E-state index in [0.717, 1.165) is 27.7 Å². The summed E-state index contributed by atoms with van der Waals surface area (Å²) in [7, 11) is 0. The molecule has 11 nitrogen and oxygen atoms in total. The van der Waals surface area contributed by atoms with Gasteiger partial charge in [-0.3, -0.25) is 19.2 Å². The zero-order valence-corrected chi connectivity index (χ0v) is 25.1. The van der Waals surface area contributed by atoms with Crippen molar-refractivity contribution in [1.29, 1.82) is 0 Å². The van der Waals surface area contributed by atoms with Crippen molar-refractivity contribution in [2.45, 2.75) is 56.6 Å². The minimum Gasteiger partial charge on any atom is -0.463 e. The number of alkyl halides is 1. The standard InChI is InChI=1S/C21H18BrCl5O11/c1-6(28)33-5-10-16(34-7(2)29)18(35-8(3)30)19(36-9(4)31)21(22,38-10)20(32)37-17-14(26)12(24)11(23)13(25)15(17)27/h10,16,18-19H,5H2,1-4H3. The van der Waals surface area contributed by atoms with E-state index in [9.17, 15) is 24.0 Å². The number of esters is 5. The third-order valence-corrected chi connectivity index (χ3v) is 7.87. The number of carbonyl (C=O) groups is 5. The number of carbonyl (C=O) groups excluding carboxylic acids is 5. The van der Waals surface area contributed by atoms with Crippen molar-refractivity contribution < 1.29 is 52.4 Å². The molecule has 38 heavy (non-hydrogen) atoms. The van der Waals surface area contributed by atoms with Gasteiger partial charge in [-0.05, 0) is 15.9 Å². The summed E-state index contributed by atoms with van der Waals surface area (Å²) in [4.78, 5) is 60.9. The first-order valence-electron chi connectivity index (χ1n) is 10.3. The number of rotatable bonds is 7. The summed E-state index contributed by atoms with van der Waals surface area (Å²) in [6, 6.07) is 0. The number of hydrogen-bond donors (Lipinski definition) is 0. The first-order chi connectivity index (χ1) is 17.5. The molecule has 0 bridgehead atoms. The van der Waals surface area contributed by atoms with Gasteiger partial charge in [0.25, 0.3) is 4.51 Å². The molecule has 0 saturated carbocycles. The molecular formula is C21H18BrCl5O11. The average Bonchev–Trinajstić information content (AvgIpc) is 2.81. The molecule has 1 aromatic rings. The summed E-state index contributed by atoms with van der Waals surface area (Å²) >= 11 is 33.4. The SMILES string of the molecule is CC(=O)OCC1OC(Br)(C(=O)Oc2c(Cl)c(Cl)c(Cl)c(Cl)c2Cl)C(OC(C)=O)C(OC(C)=O)C1OC(C)=O. The van der Waals surface area contributed by atoms with Crippen LogP contribution in [0, 0.1) is 0 Å². The number of ether oxygens (including phenoxy) is 6. The molecule has 0 amide bonds. The Labute approximate surface area is 249 Å². The molecule has 17 heteroatoms. The summed E-state index contributed by atoms with van der Waals surface area (Å²) < 4.78 is 29.4. The highest BCUT2D eigenvalue weighted by Crippen LogP contribution is 2.49. The van der Waals surface area contributed by atoms with E-state index in [2.05, 4.69) is 15.9 Å². The van der Waals surface area contributed by atoms with E-state index in [4.69, 9.17) is 86.4 Å². The average molecular weight is 704 g/mol. The Balaban J connectivity index is 2.68. The lowest BCUT2D eigenvalue weighted by atomic mass is 9.94. The molecule has 1 fully saturated rings. The van der Waals surface area contributed by atoms with Crippen LogP contribution in [-0.4, -0.2) is 65.4 Å². The van der Waals surface area contributed by atoms with Gasteiger partial charge in [0, 0.05) is 27.7 Å². The van der Waals surface area contributed by atoms with Crippen molar-refractivity contribution in [3.63, 3.8) is 0 Å². The van der Waals surface area contributed by atoms with Crippen molar-refractivity contribution in [2.75, 3.05) is 6.61 Å². The van der Waals surface area contributed by atoms with Gasteiger partial charge in [0.2, 0.25) is 0 Å². The first-order valence-corrected chi connectivity index (χ1v) is 12.9. The molecule has 1 aliphatic heterocycles. The fraction of sp³-hybridized carbons (Fsp3) is 0.476. The Morgan fingerprint density at radius 1 is 0.737 bits per heavy atom. The van der Waals surface area contributed by atoms with Crippen molar-refractivity contribution in [1.82, 2.24) is 0 Å². The largest absolute Gasteiger partial charge is 0.463 e. The highest BCUT2D eigenvalue weighted by atomic mass is 79.9. The van der Waals surface area contributed by atoms with Crippen LogP contribution >= 0.6 is 73.9 Å². The lowest BCUT2D eigenvalue weighted by Gasteiger charge is -2.47. The minimum absolute atomic E-state index is 0.219. The van der Waals surface area contributed by atoms with Crippen LogP contribution < -0.4 is 4.74 Å². The minimum atomic E-state index is -2.49. The van der Waals surface area contributed by atoms with Crippen LogP contribution in [0.25, 0.3) is 0 Å². The van der Waals surface area contributed by atoms with Crippen LogP contribution in [0.4, 0.5) is 0 Å². The lowest BCUT2D eigenvalue weighted by molar-refractivity contribution is -0.258. The van der Waals surface area contributed by atoms with Crippen LogP contribution in [0.3, 0.4) is 0 Å². The summed E-state index contributed by atoms with van der Waals surface area (Å²) in [6.45, 7) is 3.53. The first kappa shape index (κ1) is 32.7. The Kier molecular flexibility index (Phi) is 11.4. The molecule has 0 radical (unpaired) electrons. The molecule has 1 aliphatic rings. The molecule has 210 valence electrons. The monoisotopic (exact) mass is 700 g/mol. The van der Waals surface area contributed by atoms with Gasteiger partial charge in [0.05, 0.1) is 15.1 Å². The van der Waals surface area contributed by atoms with Gasteiger partial charge >= 0.3 is 29.8 Å². The van der Waals surface area contributed by atoms with Gasteiger partial charge in [0.1, 0.15) is 22.8 Å². The molecule has 1 aromatic carbocycles. The predicted molar refractivity (Wildman–Crippen MR) is 137 cm³/mol. The predicted octanol–water partition coefficient (Wildman–Crippen LogP) is 4.71. The zero-order chi connectivity index (χ0) is 29.1. The van der Waals surface area contributed by atoms with Crippen LogP contribution in [0.2, 0.25) is 25.1 Å². The van der Waals surface area contributed by atoms with Crippen molar-refractivity contribution >= 4 is 104 Å². The Morgan fingerprint density at radius 3 is 1.63 bits per heavy atom. The normalized spacial score (nSPS) is 24.7. The fourth-order valence-electron chi connectivity index (χ4n) is 3.26. The molecule has 5 atom stereocenters. The summed E-state index contributed by atoms with van der Waals surface area (Å²) in [6.07, 6.45) is -6.51. The van der Waals surface area contributed by atoms with Crippen molar-refractivity contribution in [2.24, 2.45) is 0 Å². The second-order valence-corrected chi connectivity index (χ2v) is 10.6. The summed E-state index contributed by atoms with van der Waals surface area (Å²) in [5.41, 5.74) is 0.